The highest BCUT2D eigenvalue weighted by molar-refractivity contribution is 5.83. The van der Waals surface area contributed by atoms with Gasteiger partial charge in [-0.2, -0.15) is 0 Å². The van der Waals surface area contributed by atoms with E-state index < -0.39 is 0 Å². The van der Waals surface area contributed by atoms with Gasteiger partial charge in [-0.05, 0) is 75.5 Å². The summed E-state index contributed by atoms with van der Waals surface area (Å²) in [5, 5.41) is 12.7. The number of carbonyl (C=O) groups is 1. The van der Waals surface area contributed by atoms with Gasteiger partial charge in [0.05, 0.1) is 11.5 Å². The fourth-order valence-corrected chi connectivity index (χ4v) is 6.65. The Morgan fingerprint density at radius 3 is 2.19 bits per heavy atom. The summed E-state index contributed by atoms with van der Waals surface area (Å²) in [5.41, 5.74) is 0.619. The van der Waals surface area contributed by atoms with Gasteiger partial charge in [0.15, 0.2) is 0 Å². The Balaban J connectivity index is 1.76. The molecule has 0 aliphatic heterocycles. The van der Waals surface area contributed by atoms with E-state index in [0.29, 0.717) is 17.3 Å². The van der Waals surface area contributed by atoms with Crippen molar-refractivity contribution in [3.63, 3.8) is 0 Å². The van der Waals surface area contributed by atoms with E-state index in [2.05, 4.69) is 19.2 Å². The van der Waals surface area contributed by atoms with Crippen LogP contribution in [0.1, 0.15) is 72.6 Å². The molecular weight excluding hydrogens is 262 g/mol. The predicted octanol–water partition coefficient (Wildman–Crippen LogP) is 3.26. The van der Waals surface area contributed by atoms with Crippen molar-refractivity contribution in [1.82, 2.24) is 5.32 Å². The van der Waals surface area contributed by atoms with Crippen LogP contribution in [0.4, 0.5) is 0 Å². The Bertz CT molecular complexity index is 426. The Morgan fingerprint density at radius 1 is 1.14 bits per heavy atom. The van der Waals surface area contributed by atoms with Gasteiger partial charge in [-0.1, -0.05) is 13.8 Å². The van der Waals surface area contributed by atoms with Crippen LogP contribution in [-0.4, -0.2) is 23.2 Å². The summed E-state index contributed by atoms with van der Waals surface area (Å²) >= 11 is 0. The zero-order valence-corrected chi connectivity index (χ0v) is 14.0. The van der Waals surface area contributed by atoms with E-state index in [1.165, 1.54) is 19.3 Å². The molecule has 0 heterocycles. The van der Waals surface area contributed by atoms with Crippen molar-refractivity contribution < 1.29 is 9.90 Å². The van der Waals surface area contributed by atoms with Crippen LogP contribution in [0.15, 0.2) is 0 Å². The summed E-state index contributed by atoms with van der Waals surface area (Å²) in [6.45, 7) is 8.60. The van der Waals surface area contributed by atoms with E-state index in [0.717, 1.165) is 25.2 Å². The summed E-state index contributed by atoms with van der Waals surface area (Å²) in [4.78, 5) is 13.0. The normalized spacial score (nSPS) is 47.2. The molecule has 4 atom stereocenters. The molecule has 4 saturated carbocycles. The van der Waals surface area contributed by atoms with Gasteiger partial charge in [0.1, 0.15) is 0 Å². The van der Waals surface area contributed by atoms with E-state index in [9.17, 15) is 9.90 Å². The molecule has 2 N–H and O–H groups in total. The molecule has 21 heavy (non-hydrogen) atoms. The molecule has 4 unspecified atom stereocenters. The summed E-state index contributed by atoms with van der Waals surface area (Å²) in [6.07, 6.45) is 7.45. The zero-order chi connectivity index (χ0) is 15.5. The number of aliphatic hydroxyl groups is 1. The maximum atomic E-state index is 13.0. The Labute approximate surface area is 128 Å². The Hall–Kier alpha value is -0.570. The summed E-state index contributed by atoms with van der Waals surface area (Å²) in [5.74, 6) is 1.01. The molecule has 4 rings (SSSR count). The second-order valence-corrected chi connectivity index (χ2v) is 9.37. The van der Waals surface area contributed by atoms with E-state index in [-0.39, 0.29) is 23.5 Å². The third-order valence-corrected chi connectivity index (χ3v) is 6.18. The number of rotatable bonds is 4. The standard InChI is InChI=1S/C18H31NO2/c1-12(5-13(2)20)19-15(21)18-8-14-6-16(3,10-18)9-17(4,7-14)11-18/h12-14,20H,5-11H2,1-4H3,(H,19,21). The molecule has 4 fully saturated rings. The van der Waals surface area contributed by atoms with E-state index in [4.69, 9.17) is 0 Å². The van der Waals surface area contributed by atoms with Crippen LogP contribution in [0.3, 0.4) is 0 Å². The fraction of sp³-hybridized carbons (Fsp3) is 0.944. The molecule has 0 saturated heterocycles. The molecule has 120 valence electrons. The summed E-state index contributed by atoms with van der Waals surface area (Å²) in [6, 6.07) is 0.0612. The monoisotopic (exact) mass is 293 g/mol. The van der Waals surface area contributed by atoms with Gasteiger partial charge in [0, 0.05) is 6.04 Å². The van der Waals surface area contributed by atoms with Crippen LogP contribution in [0, 0.1) is 22.2 Å². The van der Waals surface area contributed by atoms with Crippen molar-refractivity contribution in [3.05, 3.63) is 0 Å². The van der Waals surface area contributed by atoms with Crippen molar-refractivity contribution in [2.45, 2.75) is 84.8 Å². The first-order chi connectivity index (χ1) is 9.64. The number of hydrogen-bond acceptors (Lipinski definition) is 2. The molecule has 4 aliphatic carbocycles. The second-order valence-electron chi connectivity index (χ2n) is 9.37. The number of hydrogen-bond donors (Lipinski definition) is 2. The van der Waals surface area contributed by atoms with E-state index in [1.807, 2.05) is 6.92 Å². The highest BCUT2D eigenvalue weighted by Crippen LogP contribution is 2.69. The fourth-order valence-electron chi connectivity index (χ4n) is 6.65. The van der Waals surface area contributed by atoms with Gasteiger partial charge in [-0.25, -0.2) is 0 Å². The molecule has 0 radical (unpaired) electrons. The smallest absolute Gasteiger partial charge is 0.226 e. The maximum absolute atomic E-state index is 13.0. The van der Waals surface area contributed by atoms with Crippen LogP contribution in [0.5, 0.6) is 0 Å². The lowest BCUT2D eigenvalue weighted by Crippen LogP contribution is -2.60. The zero-order valence-electron chi connectivity index (χ0n) is 14.0. The maximum Gasteiger partial charge on any atom is 0.226 e. The first-order valence-corrected chi connectivity index (χ1v) is 8.63. The van der Waals surface area contributed by atoms with Crippen LogP contribution < -0.4 is 5.32 Å². The lowest BCUT2D eigenvalue weighted by Gasteiger charge is -2.64. The minimum atomic E-state index is -0.355. The lowest BCUT2D eigenvalue weighted by molar-refractivity contribution is -0.170. The van der Waals surface area contributed by atoms with Gasteiger partial charge in [-0.3, -0.25) is 4.79 Å². The predicted molar refractivity (Wildman–Crippen MR) is 83.7 cm³/mol. The van der Waals surface area contributed by atoms with Crippen molar-refractivity contribution in [1.29, 1.82) is 0 Å². The highest BCUT2D eigenvalue weighted by atomic mass is 16.3. The van der Waals surface area contributed by atoms with Crippen molar-refractivity contribution in [3.8, 4) is 0 Å². The van der Waals surface area contributed by atoms with Gasteiger partial charge in [0.2, 0.25) is 5.91 Å². The highest BCUT2D eigenvalue weighted by Gasteiger charge is 2.62. The van der Waals surface area contributed by atoms with E-state index >= 15 is 0 Å². The quantitative estimate of drug-likeness (QED) is 0.836. The largest absolute Gasteiger partial charge is 0.393 e. The average molecular weight is 293 g/mol. The molecule has 0 aromatic heterocycles. The molecule has 1 amide bonds. The molecule has 4 aliphatic rings. The average Bonchev–Trinajstić information content (AvgIpc) is 2.21. The molecule has 3 nitrogen and oxygen atoms in total. The summed E-state index contributed by atoms with van der Waals surface area (Å²) < 4.78 is 0. The number of carbonyl (C=O) groups excluding carboxylic acids is 1. The molecule has 0 aromatic rings. The van der Waals surface area contributed by atoms with Crippen LogP contribution in [0.2, 0.25) is 0 Å². The minimum absolute atomic E-state index is 0.0612. The third-order valence-electron chi connectivity index (χ3n) is 6.18. The van der Waals surface area contributed by atoms with Gasteiger partial charge in [0.25, 0.3) is 0 Å². The van der Waals surface area contributed by atoms with Crippen molar-refractivity contribution in [2.75, 3.05) is 0 Å². The number of amides is 1. The molecule has 0 aromatic carbocycles. The number of aliphatic hydroxyl groups excluding tert-OH is 1. The van der Waals surface area contributed by atoms with Crippen LogP contribution in [-0.2, 0) is 4.79 Å². The topological polar surface area (TPSA) is 49.3 Å². The van der Waals surface area contributed by atoms with Crippen molar-refractivity contribution >= 4 is 5.91 Å². The van der Waals surface area contributed by atoms with Crippen LogP contribution >= 0.6 is 0 Å². The molecule has 0 spiro atoms. The van der Waals surface area contributed by atoms with E-state index in [1.54, 1.807) is 6.92 Å². The lowest BCUT2D eigenvalue weighted by atomic mass is 9.40. The van der Waals surface area contributed by atoms with Gasteiger partial charge < -0.3 is 10.4 Å². The first-order valence-electron chi connectivity index (χ1n) is 8.63. The Morgan fingerprint density at radius 2 is 1.71 bits per heavy atom. The summed E-state index contributed by atoms with van der Waals surface area (Å²) in [7, 11) is 0. The Kier molecular flexibility index (Phi) is 3.44. The third kappa shape index (κ3) is 2.74. The molecular formula is C18H31NO2. The molecule has 3 heteroatoms. The van der Waals surface area contributed by atoms with Gasteiger partial charge >= 0.3 is 0 Å². The minimum Gasteiger partial charge on any atom is -0.393 e. The van der Waals surface area contributed by atoms with Gasteiger partial charge in [-0.15, -0.1) is 0 Å². The SMILES string of the molecule is CC(O)CC(C)NC(=O)C12CC3CC(C)(CC(C)(C3)C1)C2. The van der Waals surface area contributed by atoms with Crippen LogP contribution in [0.25, 0.3) is 0 Å². The first kappa shape index (κ1) is 15.3. The molecule has 4 bridgehead atoms. The second kappa shape index (κ2) is 4.71. The number of nitrogens with one attached hydrogen (secondary N) is 1. The van der Waals surface area contributed by atoms with Crippen molar-refractivity contribution in [2.24, 2.45) is 22.2 Å².